The van der Waals surface area contributed by atoms with Gasteiger partial charge in [-0.2, -0.15) is 5.10 Å². The zero-order valence-corrected chi connectivity index (χ0v) is 12.8. The number of anilines is 2. The first-order valence-corrected chi connectivity index (χ1v) is 7.96. The van der Waals surface area contributed by atoms with Crippen molar-refractivity contribution < 1.29 is 4.79 Å². The van der Waals surface area contributed by atoms with Crippen molar-refractivity contribution >= 4 is 17.3 Å². The number of rotatable bonds is 1. The van der Waals surface area contributed by atoms with Crippen LogP contribution >= 0.6 is 0 Å². The normalized spacial score (nSPS) is 17.0. The summed E-state index contributed by atoms with van der Waals surface area (Å²) in [6.45, 7) is 0.658. The number of carbonyl (C=O) groups excluding carboxylic acids is 1. The standard InChI is InChI=1S/C17H20N4O/c1-21-14-8-3-2-5-11(14)16(20-21)12-6-4-7-13-17(12)18-10-9-15(22)19-13/h4,6-7,18H,2-3,5,8-10H2,1H3,(H,19,22). The highest BCUT2D eigenvalue weighted by molar-refractivity contribution is 5.99. The van der Waals surface area contributed by atoms with Gasteiger partial charge >= 0.3 is 0 Å². The number of benzene rings is 1. The molecular weight excluding hydrogens is 276 g/mol. The average molecular weight is 296 g/mol. The van der Waals surface area contributed by atoms with Gasteiger partial charge in [0, 0.05) is 36.8 Å². The number of carbonyl (C=O) groups is 1. The molecule has 0 saturated carbocycles. The second kappa shape index (κ2) is 5.16. The molecule has 1 amide bonds. The van der Waals surface area contributed by atoms with E-state index in [1.54, 1.807) is 0 Å². The maximum atomic E-state index is 11.8. The molecule has 0 bridgehead atoms. The summed E-state index contributed by atoms with van der Waals surface area (Å²) in [5.41, 5.74) is 6.75. The molecule has 0 atom stereocenters. The number of hydrogen-bond acceptors (Lipinski definition) is 3. The van der Waals surface area contributed by atoms with Crippen molar-refractivity contribution in [2.24, 2.45) is 7.05 Å². The third-order valence-corrected chi connectivity index (χ3v) is 4.61. The van der Waals surface area contributed by atoms with E-state index in [4.69, 9.17) is 5.10 Å². The fourth-order valence-electron chi connectivity index (χ4n) is 3.55. The molecule has 5 heteroatoms. The number of amides is 1. The summed E-state index contributed by atoms with van der Waals surface area (Å²) in [6, 6.07) is 6.04. The molecule has 114 valence electrons. The Morgan fingerprint density at radius 1 is 1.18 bits per heavy atom. The quantitative estimate of drug-likeness (QED) is 0.850. The van der Waals surface area contributed by atoms with Gasteiger partial charge in [-0.05, 0) is 31.7 Å². The molecule has 0 spiro atoms. The minimum atomic E-state index is 0.0615. The minimum absolute atomic E-state index is 0.0615. The van der Waals surface area contributed by atoms with Crippen LogP contribution in [0.2, 0.25) is 0 Å². The van der Waals surface area contributed by atoms with Crippen LogP contribution in [-0.2, 0) is 24.7 Å². The largest absolute Gasteiger partial charge is 0.382 e. The Kier molecular flexibility index (Phi) is 3.13. The summed E-state index contributed by atoms with van der Waals surface area (Å²) in [5, 5.41) is 11.2. The van der Waals surface area contributed by atoms with E-state index in [9.17, 15) is 4.79 Å². The van der Waals surface area contributed by atoms with Crippen molar-refractivity contribution in [2.45, 2.75) is 32.1 Å². The maximum Gasteiger partial charge on any atom is 0.226 e. The first kappa shape index (κ1) is 13.4. The van der Waals surface area contributed by atoms with Crippen LogP contribution in [0.4, 0.5) is 11.4 Å². The third-order valence-electron chi connectivity index (χ3n) is 4.61. The second-order valence-electron chi connectivity index (χ2n) is 6.06. The summed E-state index contributed by atoms with van der Waals surface area (Å²) in [6.07, 6.45) is 5.17. The highest BCUT2D eigenvalue weighted by Gasteiger charge is 2.24. The summed E-state index contributed by atoms with van der Waals surface area (Å²) >= 11 is 0. The molecule has 1 aromatic heterocycles. The van der Waals surface area contributed by atoms with Crippen molar-refractivity contribution in [2.75, 3.05) is 17.2 Å². The van der Waals surface area contributed by atoms with E-state index in [0.717, 1.165) is 35.5 Å². The van der Waals surface area contributed by atoms with E-state index in [2.05, 4.69) is 16.7 Å². The van der Waals surface area contributed by atoms with Crippen LogP contribution in [0, 0.1) is 0 Å². The number of aryl methyl sites for hydroxylation is 1. The first-order valence-electron chi connectivity index (χ1n) is 7.96. The molecule has 2 N–H and O–H groups in total. The lowest BCUT2D eigenvalue weighted by atomic mass is 9.93. The zero-order valence-electron chi connectivity index (χ0n) is 12.8. The first-order chi connectivity index (χ1) is 10.7. The highest BCUT2D eigenvalue weighted by Crippen LogP contribution is 2.39. The van der Waals surface area contributed by atoms with E-state index < -0.39 is 0 Å². The zero-order chi connectivity index (χ0) is 15.1. The fraction of sp³-hybridized carbons (Fsp3) is 0.412. The van der Waals surface area contributed by atoms with Gasteiger partial charge in [0.2, 0.25) is 5.91 Å². The number of para-hydroxylation sites is 1. The second-order valence-corrected chi connectivity index (χ2v) is 6.06. The van der Waals surface area contributed by atoms with Crippen molar-refractivity contribution in [3.63, 3.8) is 0 Å². The topological polar surface area (TPSA) is 59.0 Å². The lowest BCUT2D eigenvalue weighted by molar-refractivity contribution is -0.115. The molecule has 1 aliphatic carbocycles. The van der Waals surface area contributed by atoms with Gasteiger partial charge in [-0.3, -0.25) is 9.48 Å². The van der Waals surface area contributed by atoms with Gasteiger partial charge in [-0.25, -0.2) is 0 Å². The molecule has 2 aliphatic rings. The molecule has 22 heavy (non-hydrogen) atoms. The van der Waals surface area contributed by atoms with Gasteiger partial charge in [-0.15, -0.1) is 0 Å². The van der Waals surface area contributed by atoms with Gasteiger partial charge in [0.05, 0.1) is 17.1 Å². The monoisotopic (exact) mass is 296 g/mol. The number of nitrogens with one attached hydrogen (secondary N) is 2. The molecule has 1 aromatic carbocycles. The maximum absolute atomic E-state index is 11.8. The Morgan fingerprint density at radius 3 is 2.95 bits per heavy atom. The van der Waals surface area contributed by atoms with Crippen LogP contribution in [0.15, 0.2) is 18.2 Å². The van der Waals surface area contributed by atoms with Crippen LogP contribution in [0.1, 0.15) is 30.5 Å². The van der Waals surface area contributed by atoms with E-state index in [1.165, 1.54) is 24.1 Å². The van der Waals surface area contributed by atoms with Gasteiger partial charge < -0.3 is 10.6 Å². The summed E-state index contributed by atoms with van der Waals surface area (Å²) < 4.78 is 2.03. The number of nitrogens with zero attached hydrogens (tertiary/aromatic N) is 2. The Morgan fingerprint density at radius 2 is 2.05 bits per heavy atom. The van der Waals surface area contributed by atoms with Gasteiger partial charge in [0.15, 0.2) is 0 Å². The lowest BCUT2D eigenvalue weighted by Crippen LogP contribution is -2.10. The van der Waals surface area contributed by atoms with Gasteiger partial charge in [0.25, 0.3) is 0 Å². The van der Waals surface area contributed by atoms with E-state index in [0.29, 0.717) is 13.0 Å². The Balaban J connectivity index is 1.87. The SMILES string of the molecule is Cn1nc(-c2cccc3c2NCCC(=O)N3)c2c1CCCC2. The Hall–Kier alpha value is -2.30. The smallest absolute Gasteiger partial charge is 0.226 e. The van der Waals surface area contributed by atoms with Crippen LogP contribution in [0.5, 0.6) is 0 Å². The Labute approximate surface area is 129 Å². The van der Waals surface area contributed by atoms with Crippen molar-refractivity contribution in [3.05, 3.63) is 29.5 Å². The van der Waals surface area contributed by atoms with Crippen LogP contribution < -0.4 is 10.6 Å². The van der Waals surface area contributed by atoms with E-state index >= 15 is 0 Å². The molecule has 0 fully saturated rings. The van der Waals surface area contributed by atoms with Crippen LogP contribution in [0.25, 0.3) is 11.3 Å². The summed E-state index contributed by atoms with van der Waals surface area (Å²) in [4.78, 5) is 11.8. The predicted molar refractivity (Wildman–Crippen MR) is 87.0 cm³/mol. The van der Waals surface area contributed by atoms with E-state index in [-0.39, 0.29) is 5.91 Å². The van der Waals surface area contributed by atoms with Crippen LogP contribution in [0.3, 0.4) is 0 Å². The number of aromatic nitrogens is 2. The van der Waals surface area contributed by atoms with Crippen molar-refractivity contribution in [1.29, 1.82) is 0 Å². The van der Waals surface area contributed by atoms with E-state index in [1.807, 2.05) is 23.9 Å². The molecule has 4 rings (SSSR count). The molecule has 0 unspecified atom stereocenters. The summed E-state index contributed by atoms with van der Waals surface area (Å²) in [7, 11) is 2.03. The molecule has 1 aliphatic heterocycles. The molecular formula is C17H20N4O. The van der Waals surface area contributed by atoms with Gasteiger partial charge in [-0.1, -0.05) is 12.1 Å². The van der Waals surface area contributed by atoms with Gasteiger partial charge in [0.1, 0.15) is 0 Å². The van der Waals surface area contributed by atoms with Crippen molar-refractivity contribution in [1.82, 2.24) is 9.78 Å². The molecule has 0 saturated heterocycles. The highest BCUT2D eigenvalue weighted by atomic mass is 16.1. The number of fused-ring (bicyclic) bond motifs is 2. The molecule has 0 radical (unpaired) electrons. The lowest BCUT2D eigenvalue weighted by Gasteiger charge is -2.15. The van der Waals surface area contributed by atoms with Crippen LogP contribution in [-0.4, -0.2) is 22.2 Å². The fourth-order valence-corrected chi connectivity index (χ4v) is 3.55. The molecule has 2 heterocycles. The van der Waals surface area contributed by atoms with Crippen molar-refractivity contribution in [3.8, 4) is 11.3 Å². The number of hydrogen-bond donors (Lipinski definition) is 2. The molecule has 5 nitrogen and oxygen atoms in total. The minimum Gasteiger partial charge on any atom is -0.382 e. The summed E-state index contributed by atoms with van der Waals surface area (Å²) in [5.74, 6) is 0.0615. The molecule has 2 aromatic rings. The average Bonchev–Trinajstić information content (AvgIpc) is 2.73. The predicted octanol–water partition coefficient (Wildman–Crippen LogP) is 2.72. The Bertz CT molecular complexity index is 747. The third kappa shape index (κ3) is 2.08.